The lowest BCUT2D eigenvalue weighted by Gasteiger charge is -2.12. The minimum Gasteiger partial charge on any atom is -0.314 e. The minimum atomic E-state index is 0.497. The van der Waals surface area contributed by atoms with Crippen LogP contribution < -0.4 is 5.32 Å². The molecule has 2 aromatic rings. The van der Waals surface area contributed by atoms with E-state index in [4.69, 9.17) is 0 Å². The Labute approximate surface area is 119 Å². The number of nitrogens with zero attached hydrogens (tertiary/aromatic N) is 4. The van der Waals surface area contributed by atoms with Crippen LogP contribution in [0, 0.1) is 13.8 Å². The van der Waals surface area contributed by atoms with Crippen LogP contribution in [-0.2, 0) is 6.42 Å². The van der Waals surface area contributed by atoms with Crippen LogP contribution in [-0.4, -0.2) is 32.5 Å². The zero-order chi connectivity index (χ0) is 14.5. The third kappa shape index (κ3) is 3.57. The molecule has 5 nitrogen and oxygen atoms in total. The fraction of sp³-hybridized carbons (Fsp3) is 0.467. The van der Waals surface area contributed by atoms with Crippen molar-refractivity contribution in [3.63, 3.8) is 0 Å². The van der Waals surface area contributed by atoms with E-state index in [1.807, 2.05) is 19.9 Å². The summed E-state index contributed by atoms with van der Waals surface area (Å²) in [7, 11) is 0. The van der Waals surface area contributed by atoms with Crippen molar-refractivity contribution < 1.29 is 0 Å². The maximum atomic E-state index is 4.57. The van der Waals surface area contributed by atoms with Gasteiger partial charge in [0.15, 0.2) is 5.82 Å². The first-order valence-electron chi connectivity index (χ1n) is 6.92. The Bertz CT molecular complexity index is 543. The van der Waals surface area contributed by atoms with Gasteiger partial charge >= 0.3 is 0 Å². The Morgan fingerprint density at radius 1 is 1.15 bits per heavy atom. The molecule has 2 rings (SSSR count). The summed E-state index contributed by atoms with van der Waals surface area (Å²) in [5.74, 6) is 0.669. The molecule has 20 heavy (non-hydrogen) atoms. The fourth-order valence-corrected chi connectivity index (χ4v) is 2.12. The zero-order valence-corrected chi connectivity index (χ0v) is 12.5. The van der Waals surface area contributed by atoms with E-state index in [9.17, 15) is 0 Å². The number of hydrogen-bond donors (Lipinski definition) is 1. The Balaban J connectivity index is 2.21. The molecular weight excluding hydrogens is 250 g/mol. The molecule has 0 aliphatic carbocycles. The maximum Gasteiger partial charge on any atom is 0.178 e. The number of nitrogens with one attached hydrogen (secondary N) is 1. The molecule has 0 saturated heterocycles. The Morgan fingerprint density at radius 3 is 2.40 bits per heavy atom. The average Bonchev–Trinajstić information content (AvgIpc) is 2.42. The smallest absolute Gasteiger partial charge is 0.178 e. The van der Waals surface area contributed by atoms with Gasteiger partial charge in [-0.2, -0.15) is 0 Å². The van der Waals surface area contributed by atoms with E-state index in [1.54, 1.807) is 6.20 Å². The standard InChI is InChI=1S/C15H21N5/c1-10(2)17-8-5-13-11(3)19-15(20-12(13)4)14-6-7-16-9-18-14/h6-7,9-10,17H,5,8H2,1-4H3. The molecule has 2 heterocycles. The minimum absolute atomic E-state index is 0.497. The van der Waals surface area contributed by atoms with Crippen LogP contribution in [0.15, 0.2) is 18.6 Å². The number of hydrogen-bond acceptors (Lipinski definition) is 5. The van der Waals surface area contributed by atoms with Crippen molar-refractivity contribution >= 4 is 0 Å². The Morgan fingerprint density at radius 2 is 1.85 bits per heavy atom. The van der Waals surface area contributed by atoms with Gasteiger partial charge in [0.05, 0.1) is 0 Å². The van der Waals surface area contributed by atoms with Crippen molar-refractivity contribution in [2.75, 3.05) is 6.54 Å². The summed E-state index contributed by atoms with van der Waals surface area (Å²) in [5, 5.41) is 3.42. The summed E-state index contributed by atoms with van der Waals surface area (Å²) >= 11 is 0. The van der Waals surface area contributed by atoms with Gasteiger partial charge in [0.2, 0.25) is 0 Å². The van der Waals surface area contributed by atoms with E-state index >= 15 is 0 Å². The zero-order valence-electron chi connectivity index (χ0n) is 12.5. The number of rotatable bonds is 5. The van der Waals surface area contributed by atoms with Gasteiger partial charge < -0.3 is 5.32 Å². The second-order valence-corrected chi connectivity index (χ2v) is 5.15. The lowest BCUT2D eigenvalue weighted by molar-refractivity contribution is 0.587. The maximum absolute atomic E-state index is 4.57. The largest absolute Gasteiger partial charge is 0.314 e. The van der Waals surface area contributed by atoms with Crippen molar-refractivity contribution in [1.29, 1.82) is 0 Å². The van der Waals surface area contributed by atoms with Gasteiger partial charge in [-0.05, 0) is 38.4 Å². The highest BCUT2D eigenvalue weighted by Crippen LogP contribution is 2.16. The van der Waals surface area contributed by atoms with Crippen LogP contribution in [0.5, 0.6) is 0 Å². The molecule has 0 fully saturated rings. The number of aromatic nitrogens is 4. The lowest BCUT2D eigenvalue weighted by Crippen LogP contribution is -2.25. The van der Waals surface area contributed by atoms with E-state index in [1.165, 1.54) is 11.9 Å². The first-order chi connectivity index (χ1) is 9.58. The second kappa shape index (κ2) is 6.52. The summed E-state index contributed by atoms with van der Waals surface area (Å²) in [5.41, 5.74) is 4.03. The molecule has 0 aliphatic heterocycles. The third-order valence-corrected chi connectivity index (χ3v) is 3.16. The highest BCUT2D eigenvalue weighted by atomic mass is 14.9. The topological polar surface area (TPSA) is 63.6 Å². The van der Waals surface area contributed by atoms with Crippen LogP contribution in [0.2, 0.25) is 0 Å². The molecular formula is C15H21N5. The highest BCUT2D eigenvalue weighted by Gasteiger charge is 2.10. The quantitative estimate of drug-likeness (QED) is 0.902. The Kier molecular flexibility index (Phi) is 4.74. The normalized spacial score (nSPS) is 11.1. The van der Waals surface area contributed by atoms with Gasteiger partial charge in [-0.25, -0.2) is 19.9 Å². The summed E-state index contributed by atoms with van der Waals surface area (Å²) in [6.45, 7) is 9.30. The van der Waals surface area contributed by atoms with Crippen molar-refractivity contribution in [1.82, 2.24) is 25.3 Å². The number of aryl methyl sites for hydroxylation is 2. The molecule has 0 saturated carbocycles. The fourth-order valence-electron chi connectivity index (χ4n) is 2.12. The van der Waals surface area contributed by atoms with E-state index < -0.39 is 0 Å². The summed E-state index contributed by atoms with van der Waals surface area (Å²) in [4.78, 5) is 17.3. The SMILES string of the molecule is Cc1nc(-c2ccncn2)nc(C)c1CCNC(C)C. The predicted molar refractivity (Wildman–Crippen MR) is 79.4 cm³/mol. The van der Waals surface area contributed by atoms with E-state index in [-0.39, 0.29) is 0 Å². The van der Waals surface area contributed by atoms with Gasteiger partial charge in [0, 0.05) is 23.6 Å². The van der Waals surface area contributed by atoms with Gasteiger partial charge in [0.1, 0.15) is 12.0 Å². The Hall–Kier alpha value is -1.88. The van der Waals surface area contributed by atoms with Crippen LogP contribution in [0.4, 0.5) is 0 Å². The van der Waals surface area contributed by atoms with Gasteiger partial charge in [-0.1, -0.05) is 13.8 Å². The molecule has 0 aromatic carbocycles. The monoisotopic (exact) mass is 271 g/mol. The van der Waals surface area contributed by atoms with Crippen LogP contribution in [0.25, 0.3) is 11.5 Å². The van der Waals surface area contributed by atoms with E-state index in [0.29, 0.717) is 11.9 Å². The van der Waals surface area contributed by atoms with Gasteiger partial charge in [-0.3, -0.25) is 0 Å². The van der Waals surface area contributed by atoms with E-state index in [2.05, 4.69) is 39.1 Å². The van der Waals surface area contributed by atoms with Crippen LogP contribution >= 0.6 is 0 Å². The van der Waals surface area contributed by atoms with Crippen molar-refractivity contribution in [2.24, 2.45) is 0 Å². The molecule has 0 amide bonds. The molecule has 0 radical (unpaired) electrons. The molecule has 0 atom stereocenters. The van der Waals surface area contributed by atoms with Crippen LogP contribution in [0.1, 0.15) is 30.8 Å². The van der Waals surface area contributed by atoms with Crippen molar-refractivity contribution in [3.8, 4) is 11.5 Å². The summed E-state index contributed by atoms with van der Waals surface area (Å²) in [6.07, 6.45) is 4.17. The molecule has 1 N–H and O–H groups in total. The molecule has 106 valence electrons. The molecule has 2 aromatic heterocycles. The van der Waals surface area contributed by atoms with Gasteiger partial charge in [-0.15, -0.1) is 0 Å². The first-order valence-corrected chi connectivity index (χ1v) is 6.92. The molecule has 0 spiro atoms. The third-order valence-electron chi connectivity index (χ3n) is 3.16. The van der Waals surface area contributed by atoms with Crippen molar-refractivity contribution in [3.05, 3.63) is 35.5 Å². The molecule has 0 aliphatic rings. The van der Waals surface area contributed by atoms with Gasteiger partial charge in [0.25, 0.3) is 0 Å². The molecule has 5 heteroatoms. The predicted octanol–water partition coefficient (Wildman–Crippen LogP) is 2.09. The van der Waals surface area contributed by atoms with Crippen LogP contribution in [0.3, 0.4) is 0 Å². The van der Waals surface area contributed by atoms with E-state index in [0.717, 1.165) is 30.0 Å². The second-order valence-electron chi connectivity index (χ2n) is 5.15. The average molecular weight is 271 g/mol. The molecule has 0 bridgehead atoms. The first kappa shape index (κ1) is 14.5. The summed E-state index contributed by atoms with van der Waals surface area (Å²) < 4.78 is 0. The highest BCUT2D eigenvalue weighted by molar-refractivity contribution is 5.49. The van der Waals surface area contributed by atoms with Crippen molar-refractivity contribution in [2.45, 2.75) is 40.2 Å². The molecule has 0 unspecified atom stereocenters. The summed E-state index contributed by atoms with van der Waals surface area (Å²) in [6, 6.07) is 2.32. The lowest BCUT2D eigenvalue weighted by atomic mass is 10.1.